The predicted octanol–water partition coefficient (Wildman–Crippen LogP) is 3.93. The van der Waals surface area contributed by atoms with Crippen molar-refractivity contribution >= 4 is 17.9 Å². The molecule has 0 unspecified atom stereocenters. The number of rotatable bonds is 3. The monoisotopic (exact) mass is 204 g/mol. The van der Waals surface area contributed by atoms with Gasteiger partial charge < -0.3 is 4.79 Å². The van der Waals surface area contributed by atoms with E-state index in [0.29, 0.717) is 5.38 Å². The molecule has 0 aromatic rings. The van der Waals surface area contributed by atoms with Gasteiger partial charge in [-0.25, -0.2) is 0 Å². The van der Waals surface area contributed by atoms with Crippen molar-refractivity contribution in [3.63, 3.8) is 0 Å². The molecule has 0 aromatic heterocycles. The number of unbranched alkanes of at least 4 members (excludes halogenated alkanes) is 2. The molecule has 0 N–H and O–H groups in total. The van der Waals surface area contributed by atoms with Crippen molar-refractivity contribution < 1.29 is 4.79 Å². The van der Waals surface area contributed by atoms with Gasteiger partial charge in [0.15, 0.2) is 0 Å². The number of carbonyl (C=O) groups is 1. The largest absolute Gasteiger partial charge is 0.303 e. The predicted molar refractivity (Wildman–Crippen MR) is 58.3 cm³/mol. The molecule has 0 radical (unpaired) electrons. The van der Waals surface area contributed by atoms with E-state index in [0.717, 1.165) is 25.5 Å². The highest BCUT2D eigenvalue weighted by Gasteiger charge is 2.08. The lowest BCUT2D eigenvalue weighted by Gasteiger charge is -2.13. The molecule has 0 bridgehead atoms. The van der Waals surface area contributed by atoms with Crippen molar-refractivity contribution in [3.8, 4) is 0 Å². The van der Waals surface area contributed by atoms with E-state index < -0.39 is 0 Å². The van der Waals surface area contributed by atoms with Gasteiger partial charge in [0.25, 0.3) is 0 Å². The first-order valence-corrected chi connectivity index (χ1v) is 5.82. The fourth-order valence-corrected chi connectivity index (χ4v) is 1.65. The molecule has 0 amide bonds. The third-order valence-electron chi connectivity index (χ3n) is 2.21. The Hall–Kier alpha value is -0.0400. The normalized spacial score (nSPS) is 17.4. The average Bonchev–Trinajstić information content (AvgIpc) is 2.17. The van der Waals surface area contributed by atoms with Gasteiger partial charge in [-0.15, -0.1) is 11.6 Å². The Kier molecular flexibility index (Phi) is 10.0. The summed E-state index contributed by atoms with van der Waals surface area (Å²) in [6.45, 7) is 2.07. The Morgan fingerprint density at radius 2 is 1.92 bits per heavy atom. The molecule has 0 aromatic carbocycles. The van der Waals surface area contributed by atoms with Crippen LogP contribution in [0.5, 0.6) is 0 Å². The molecule has 0 heterocycles. The maximum absolute atomic E-state index is 9.56. The maximum atomic E-state index is 9.56. The van der Waals surface area contributed by atoms with Crippen LogP contribution >= 0.6 is 11.6 Å². The number of halogens is 1. The van der Waals surface area contributed by atoms with E-state index in [9.17, 15) is 4.79 Å². The summed E-state index contributed by atoms with van der Waals surface area (Å²) in [5.41, 5.74) is 0. The molecule has 0 saturated heterocycles. The molecule has 1 saturated carbocycles. The van der Waals surface area contributed by atoms with Crippen LogP contribution < -0.4 is 0 Å². The summed E-state index contributed by atoms with van der Waals surface area (Å²) in [5.74, 6) is 0. The molecule has 1 rings (SSSR count). The van der Waals surface area contributed by atoms with Gasteiger partial charge in [-0.2, -0.15) is 0 Å². The van der Waals surface area contributed by atoms with E-state index in [4.69, 9.17) is 11.6 Å². The van der Waals surface area contributed by atoms with Gasteiger partial charge in [-0.05, 0) is 19.3 Å². The molecule has 0 spiro atoms. The van der Waals surface area contributed by atoms with E-state index in [1.54, 1.807) is 0 Å². The van der Waals surface area contributed by atoms with E-state index in [-0.39, 0.29) is 0 Å². The average molecular weight is 205 g/mol. The summed E-state index contributed by atoms with van der Waals surface area (Å²) < 4.78 is 0. The van der Waals surface area contributed by atoms with E-state index in [2.05, 4.69) is 6.92 Å². The minimum absolute atomic E-state index is 0.508. The van der Waals surface area contributed by atoms with Crippen LogP contribution in [-0.4, -0.2) is 11.7 Å². The highest BCUT2D eigenvalue weighted by Crippen LogP contribution is 2.21. The van der Waals surface area contributed by atoms with Gasteiger partial charge in [-0.1, -0.05) is 32.6 Å². The number of hydrogen-bond acceptors (Lipinski definition) is 1. The maximum Gasteiger partial charge on any atom is 0.119 e. The van der Waals surface area contributed by atoms with E-state index in [1.165, 1.54) is 32.1 Å². The zero-order chi connectivity index (χ0) is 9.94. The van der Waals surface area contributed by atoms with Crippen molar-refractivity contribution in [1.82, 2.24) is 0 Å². The third-order valence-corrected chi connectivity index (χ3v) is 2.65. The van der Waals surface area contributed by atoms with Crippen molar-refractivity contribution in [2.75, 3.05) is 0 Å². The van der Waals surface area contributed by atoms with Crippen LogP contribution in [0.25, 0.3) is 0 Å². The summed E-state index contributed by atoms with van der Waals surface area (Å²) in [4.78, 5) is 9.56. The minimum Gasteiger partial charge on any atom is -0.303 e. The summed E-state index contributed by atoms with van der Waals surface area (Å²) in [7, 11) is 0. The minimum atomic E-state index is 0.508. The lowest BCUT2D eigenvalue weighted by Crippen LogP contribution is -2.03. The number of hydrogen-bond donors (Lipinski definition) is 0. The van der Waals surface area contributed by atoms with E-state index >= 15 is 0 Å². The molecular weight excluding hydrogens is 184 g/mol. The quantitative estimate of drug-likeness (QED) is 0.387. The first-order valence-electron chi connectivity index (χ1n) is 5.39. The summed E-state index contributed by atoms with van der Waals surface area (Å²) in [5, 5.41) is 0.508. The van der Waals surface area contributed by atoms with Gasteiger partial charge in [0.05, 0.1) is 0 Å². The molecule has 1 aliphatic rings. The molecule has 0 atom stereocenters. The molecule has 1 fully saturated rings. The van der Waals surface area contributed by atoms with Crippen LogP contribution in [0.1, 0.15) is 58.3 Å². The Bertz CT molecular complexity index is 109. The smallest absolute Gasteiger partial charge is 0.119 e. The zero-order valence-electron chi connectivity index (χ0n) is 8.60. The first kappa shape index (κ1) is 13.0. The summed E-state index contributed by atoms with van der Waals surface area (Å²) in [6.07, 6.45) is 10.5. The van der Waals surface area contributed by atoms with Gasteiger partial charge in [0.1, 0.15) is 6.29 Å². The zero-order valence-corrected chi connectivity index (χ0v) is 9.35. The fourth-order valence-electron chi connectivity index (χ4n) is 1.34. The van der Waals surface area contributed by atoms with Crippen molar-refractivity contribution in [2.24, 2.45) is 0 Å². The third kappa shape index (κ3) is 9.88. The van der Waals surface area contributed by atoms with Crippen LogP contribution in [0.2, 0.25) is 0 Å². The van der Waals surface area contributed by atoms with Crippen LogP contribution in [0, 0.1) is 0 Å². The lowest BCUT2D eigenvalue weighted by atomic mass is 10.0. The lowest BCUT2D eigenvalue weighted by molar-refractivity contribution is -0.107. The second-order valence-corrected chi connectivity index (χ2v) is 4.16. The Morgan fingerprint density at radius 1 is 1.31 bits per heavy atom. The second-order valence-electron chi connectivity index (χ2n) is 3.54. The van der Waals surface area contributed by atoms with Crippen LogP contribution in [0.4, 0.5) is 0 Å². The van der Waals surface area contributed by atoms with Crippen molar-refractivity contribution in [1.29, 1.82) is 0 Å². The first-order chi connectivity index (χ1) is 6.31. The highest BCUT2D eigenvalue weighted by molar-refractivity contribution is 6.20. The van der Waals surface area contributed by atoms with Gasteiger partial charge >= 0.3 is 0 Å². The highest BCUT2D eigenvalue weighted by atomic mass is 35.5. The Balaban J connectivity index is 0.000000226. The molecule has 78 valence electrons. The summed E-state index contributed by atoms with van der Waals surface area (Å²) in [6, 6.07) is 0. The topological polar surface area (TPSA) is 17.1 Å². The molecule has 2 heteroatoms. The van der Waals surface area contributed by atoms with Crippen LogP contribution in [0.3, 0.4) is 0 Å². The van der Waals surface area contributed by atoms with Gasteiger partial charge in [0, 0.05) is 11.8 Å². The standard InChI is InChI=1S/C6H11Cl.C5H10O/c7-6-4-2-1-3-5-6;1-2-3-4-5-6/h6H,1-5H2;5H,2-4H2,1H3. The van der Waals surface area contributed by atoms with Gasteiger partial charge in [-0.3, -0.25) is 0 Å². The number of alkyl halides is 1. The molecule has 1 nitrogen and oxygen atoms in total. The Morgan fingerprint density at radius 3 is 2.15 bits per heavy atom. The number of carbonyl (C=O) groups excluding carboxylic acids is 1. The van der Waals surface area contributed by atoms with Crippen molar-refractivity contribution in [2.45, 2.75) is 63.7 Å². The molecule has 1 aliphatic carbocycles. The fraction of sp³-hybridized carbons (Fsp3) is 0.909. The van der Waals surface area contributed by atoms with E-state index in [1.807, 2.05) is 0 Å². The molecule has 0 aliphatic heterocycles. The Labute approximate surface area is 86.9 Å². The van der Waals surface area contributed by atoms with Crippen molar-refractivity contribution in [3.05, 3.63) is 0 Å². The number of aldehydes is 1. The summed E-state index contributed by atoms with van der Waals surface area (Å²) >= 11 is 5.82. The molecular formula is C11H21ClO. The second kappa shape index (κ2) is 10.0. The van der Waals surface area contributed by atoms with Crippen LogP contribution in [0.15, 0.2) is 0 Å². The molecule has 13 heavy (non-hydrogen) atoms. The SMILES string of the molecule is CCCCC=O.ClC1CCCCC1. The van der Waals surface area contributed by atoms with Crippen LogP contribution in [-0.2, 0) is 4.79 Å². The van der Waals surface area contributed by atoms with Gasteiger partial charge in [0.2, 0.25) is 0 Å².